The normalized spacial score (nSPS) is 14.3. The molecule has 1 aliphatic heterocycles. The Morgan fingerprint density at radius 3 is 2.87 bits per heavy atom. The van der Waals surface area contributed by atoms with Crippen molar-refractivity contribution in [1.29, 1.82) is 0 Å². The van der Waals surface area contributed by atoms with Gasteiger partial charge in [-0.3, -0.25) is 4.79 Å². The number of nitrogens with zero attached hydrogens (tertiary/aromatic N) is 2. The number of esters is 1. The van der Waals surface area contributed by atoms with Crippen molar-refractivity contribution in [3.8, 4) is 0 Å². The van der Waals surface area contributed by atoms with Crippen LogP contribution in [0.25, 0.3) is 0 Å². The molecule has 1 aliphatic rings. The number of fused-ring (bicyclic) bond motifs is 1. The molecule has 0 fully saturated rings. The summed E-state index contributed by atoms with van der Waals surface area (Å²) in [5.74, 6) is -0.828. The second kappa shape index (κ2) is 6.38. The number of rotatable bonds is 3. The van der Waals surface area contributed by atoms with Crippen LogP contribution in [0.15, 0.2) is 42.6 Å². The van der Waals surface area contributed by atoms with Gasteiger partial charge in [0.05, 0.1) is 5.56 Å². The number of hydrogen-bond donors (Lipinski definition) is 0. The van der Waals surface area contributed by atoms with Crippen molar-refractivity contribution in [2.24, 2.45) is 0 Å². The van der Waals surface area contributed by atoms with E-state index in [-0.39, 0.29) is 16.6 Å². The van der Waals surface area contributed by atoms with Gasteiger partial charge in [-0.1, -0.05) is 29.8 Å². The van der Waals surface area contributed by atoms with Crippen molar-refractivity contribution < 1.29 is 14.3 Å². The fourth-order valence-electron chi connectivity index (χ4n) is 2.60. The maximum atomic E-state index is 12.6. The van der Waals surface area contributed by atoms with Crippen LogP contribution >= 0.6 is 11.6 Å². The summed E-state index contributed by atoms with van der Waals surface area (Å²) in [4.78, 5) is 30.1. The molecule has 1 aromatic carbocycles. The van der Waals surface area contributed by atoms with Crippen molar-refractivity contribution in [2.45, 2.75) is 19.4 Å². The molecule has 6 heteroatoms. The van der Waals surface area contributed by atoms with Gasteiger partial charge in [0.25, 0.3) is 5.91 Å². The van der Waals surface area contributed by atoms with E-state index in [1.165, 1.54) is 18.3 Å². The smallest absolute Gasteiger partial charge is 0.339 e. The Morgan fingerprint density at radius 1 is 1.30 bits per heavy atom. The number of halogens is 1. The molecule has 0 spiro atoms. The fourth-order valence-corrected chi connectivity index (χ4v) is 2.77. The van der Waals surface area contributed by atoms with E-state index in [0.717, 1.165) is 17.7 Å². The van der Waals surface area contributed by atoms with E-state index in [1.807, 2.05) is 24.3 Å². The van der Waals surface area contributed by atoms with Crippen molar-refractivity contribution in [3.05, 3.63) is 58.9 Å². The summed E-state index contributed by atoms with van der Waals surface area (Å²) >= 11 is 5.75. The zero-order chi connectivity index (χ0) is 16.4. The van der Waals surface area contributed by atoms with E-state index in [4.69, 9.17) is 16.3 Å². The molecule has 0 radical (unpaired) electrons. The summed E-state index contributed by atoms with van der Waals surface area (Å²) in [6.07, 6.45) is 1.35. The minimum atomic E-state index is -0.874. The predicted octanol–water partition coefficient (Wildman–Crippen LogP) is 2.87. The highest BCUT2D eigenvalue weighted by Gasteiger charge is 2.29. The van der Waals surface area contributed by atoms with Gasteiger partial charge in [-0.05, 0) is 37.1 Å². The predicted molar refractivity (Wildman–Crippen MR) is 86.6 cm³/mol. The summed E-state index contributed by atoms with van der Waals surface area (Å²) in [6.45, 7) is 2.17. The molecule has 5 nitrogen and oxygen atoms in total. The first-order valence-corrected chi connectivity index (χ1v) is 7.66. The Labute approximate surface area is 138 Å². The van der Waals surface area contributed by atoms with Crippen molar-refractivity contribution >= 4 is 29.2 Å². The van der Waals surface area contributed by atoms with Gasteiger partial charge >= 0.3 is 5.97 Å². The van der Waals surface area contributed by atoms with Crippen LogP contribution in [0.4, 0.5) is 5.69 Å². The Morgan fingerprint density at radius 2 is 2.09 bits per heavy atom. The molecule has 1 amide bonds. The number of anilines is 1. The number of para-hydroxylation sites is 1. The quantitative estimate of drug-likeness (QED) is 0.641. The maximum absolute atomic E-state index is 12.6. The molecule has 1 atom stereocenters. The number of benzene rings is 1. The molecule has 0 unspecified atom stereocenters. The highest BCUT2D eigenvalue weighted by molar-refractivity contribution is 6.29. The first-order chi connectivity index (χ1) is 11.1. The SMILES string of the molecule is C[C@H](OC(=O)c1ccnc(Cl)c1)C(=O)N1CCc2ccccc21. The molecule has 0 bridgehead atoms. The highest BCUT2D eigenvalue weighted by Crippen LogP contribution is 2.28. The van der Waals surface area contributed by atoms with Gasteiger partial charge in [-0.25, -0.2) is 9.78 Å². The monoisotopic (exact) mass is 330 g/mol. The molecule has 3 rings (SSSR count). The van der Waals surface area contributed by atoms with Crippen LogP contribution in [-0.2, 0) is 16.0 Å². The first kappa shape index (κ1) is 15.5. The first-order valence-electron chi connectivity index (χ1n) is 7.28. The van der Waals surface area contributed by atoms with Crippen molar-refractivity contribution in [3.63, 3.8) is 0 Å². The van der Waals surface area contributed by atoms with Crippen LogP contribution in [0.5, 0.6) is 0 Å². The molecule has 0 aliphatic carbocycles. The van der Waals surface area contributed by atoms with E-state index in [1.54, 1.807) is 11.8 Å². The molecular formula is C17H15ClN2O3. The lowest BCUT2D eigenvalue weighted by Gasteiger charge is -2.21. The number of carbonyl (C=O) groups excluding carboxylic acids is 2. The average Bonchev–Trinajstić information content (AvgIpc) is 2.98. The van der Waals surface area contributed by atoms with Crippen LogP contribution < -0.4 is 4.90 Å². The molecule has 1 aromatic heterocycles. The minimum absolute atomic E-state index is 0.201. The Hall–Kier alpha value is -2.40. The molecular weight excluding hydrogens is 316 g/mol. The van der Waals surface area contributed by atoms with Gasteiger partial charge in [0.2, 0.25) is 0 Å². The van der Waals surface area contributed by atoms with E-state index < -0.39 is 12.1 Å². The van der Waals surface area contributed by atoms with E-state index in [9.17, 15) is 9.59 Å². The van der Waals surface area contributed by atoms with Crippen LogP contribution in [0, 0.1) is 0 Å². The fraction of sp³-hybridized carbons (Fsp3) is 0.235. The summed E-state index contributed by atoms with van der Waals surface area (Å²) in [7, 11) is 0. The lowest BCUT2D eigenvalue weighted by Crippen LogP contribution is -2.39. The van der Waals surface area contributed by atoms with Gasteiger partial charge in [-0.15, -0.1) is 0 Å². The molecule has 0 saturated heterocycles. The molecule has 0 saturated carbocycles. The number of aromatic nitrogens is 1. The molecule has 23 heavy (non-hydrogen) atoms. The van der Waals surface area contributed by atoms with Gasteiger partial charge in [0, 0.05) is 18.4 Å². The Balaban J connectivity index is 1.70. The lowest BCUT2D eigenvalue weighted by atomic mass is 10.2. The number of hydrogen-bond acceptors (Lipinski definition) is 4. The van der Waals surface area contributed by atoms with Crippen LogP contribution in [0.2, 0.25) is 5.15 Å². The van der Waals surface area contributed by atoms with Crippen LogP contribution in [0.3, 0.4) is 0 Å². The van der Waals surface area contributed by atoms with Crippen molar-refractivity contribution in [2.75, 3.05) is 11.4 Å². The van der Waals surface area contributed by atoms with Gasteiger partial charge in [0.15, 0.2) is 6.10 Å². The largest absolute Gasteiger partial charge is 0.449 e. The average molecular weight is 331 g/mol. The summed E-state index contributed by atoms with van der Waals surface area (Å²) in [6, 6.07) is 10.6. The summed E-state index contributed by atoms with van der Waals surface area (Å²) in [5, 5.41) is 0.201. The highest BCUT2D eigenvalue weighted by atomic mass is 35.5. The van der Waals surface area contributed by atoms with Crippen LogP contribution in [0.1, 0.15) is 22.8 Å². The third-order valence-corrected chi connectivity index (χ3v) is 3.95. The maximum Gasteiger partial charge on any atom is 0.339 e. The number of carbonyl (C=O) groups is 2. The second-order valence-corrected chi connectivity index (χ2v) is 5.67. The number of pyridine rings is 1. The zero-order valence-electron chi connectivity index (χ0n) is 12.5. The van der Waals surface area contributed by atoms with Gasteiger partial charge in [0.1, 0.15) is 5.15 Å². The van der Waals surface area contributed by atoms with Gasteiger partial charge < -0.3 is 9.64 Å². The Kier molecular flexibility index (Phi) is 4.30. The Bertz CT molecular complexity index is 763. The third-order valence-electron chi connectivity index (χ3n) is 3.75. The molecule has 2 aromatic rings. The third kappa shape index (κ3) is 3.19. The minimum Gasteiger partial charge on any atom is -0.449 e. The number of amides is 1. The standard InChI is InChI=1S/C17H15ClN2O3/c1-11(23-17(22)13-6-8-19-15(18)10-13)16(21)20-9-7-12-4-2-3-5-14(12)20/h2-6,8,10-11H,7,9H2,1H3/t11-/m0/s1. The second-order valence-electron chi connectivity index (χ2n) is 5.28. The van der Waals surface area contributed by atoms with E-state index in [2.05, 4.69) is 4.98 Å². The molecule has 118 valence electrons. The van der Waals surface area contributed by atoms with E-state index in [0.29, 0.717) is 6.54 Å². The van der Waals surface area contributed by atoms with E-state index >= 15 is 0 Å². The molecule has 2 heterocycles. The molecule has 0 N–H and O–H groups in total. The zero-order valence-corrected chi connectivity index (χ0v) is 13.3. The number of ether oxygens (including phenoxy) is 1. The van der Waals surface area contributed by atoms with Crippen LogP contribution in [-0.4, -0.2) is 29.5 Å². The summed E-state index contributed by atoms with van der Waals surface area (Å²) in [5.41, 5.74) is 2.28. The summed E-state index contributed by atoms with van der Waals surface area (Å²) < 4.78 is 5.26. The van der Waals surface area contributed by atoms with Crippen molar-refractivity contribution in [1.82, 2.24) is 4.98 Å². The van der Waals surface area contributed by atoms with Gasteiger partial charge in [-0.2, -0.15) is 0 Å². The topological polar surface area (TPSA) is 59.5 Å². The lowest BCUT2D eigenvalue weighted by molar-refractivity contribution is -0.126.